The van der Waals surface area contributed by atoms with Crippen molar-refractivity contribution in [3.05, 3.63) is 87.9 Å². The van der Waals surface area contributed by atoms with Gasteiger partial charge in [0.05, 0.1) is 13.2 Å². The van der Waals surface area contributed by atoms with Crippen molar-refractivity contribution >= 4 is 27.3 Å². The number of nitrogens with zero attached hydrogens (tertiary/aromatic N) is 1. The smallest absolute Gasteiger partial charge is 0.124 e. The number of ether oxygens (including phenoxy) is 2. The number of anilines is 2. The van der Waals surface area contributed by atoms with E-state index in [2.05, 4.69) is 87.7 Å². The molecule has 1 aliphatic heterocycles. The van der Waals surface area contributed by atoms with Crippen LogP contribution in [-0.2, 0) is 17.9 Å². The van der Waals surface area contributed by atoms with E-state index in [0.717, 1.165) is 47.8 Å². The van der Waals surface area contributed by atoms with E-state index in [1.807, 2.05) is 12.1 Å². The number of hydrogen-bond donors (Lipinski definition) is 1. The van der Waals surface area contributed by atoms with Crippen molar-refractivity contribution in [1.82, 2.24) is 0 Å². The first-order valence-corrected chi connectivity index (χ1v) is 11.1. The second kappa shape index (κ2) is 10.0. The predicted molar refractivity (Wildman–Crippen MR) is 126 cm³/mol. The predicted octanol–water partition coefficient (Wildman–Crippen LogP) is 5.79. The molecular formula is C25H27BrN2O2. The van der Waals surface area contributed by atoms with Crippen LogP contribution in [0.4, 0.5) is 11.4 Å². The molecule has 3 aromatic carbocycles. The molecule has 0 unspecified atom stereocenters. The zero-order valence-corrected chi connectivity index (χ0v) is 18.8. The minimum absolute atomic E-state index is 0.560. The summed E-state index contributed by atoms with van der Waals surface area (Å²) in [6.07, 6.45) is 0. The average molecular weight is 467 g/mol. The van der Waals surface area contributed by atoms with E-state index in [1.54, 1.807) is 0 Å². The Morgan fingerprint density at radius 1 is 1.00 bits per heavy atom. The summed E-state index contributed by atoms with van der Waals surface area (Å²) in [5.41, 5.74) is 5.88. The summed E-state index contributed by atoms with van der Waals surface area (Å²) >= 11 is 3.58. The van der Waals surface area contributed by atoms with Gasteiger partial charge in [-0.25, -0.2) is 0 Å². The van der Waals surface area contributed by atoms with E-state index in [1.165, 1.54) is 16.8 Å². The van der Waals surface area contributed by atoms with Gasteiger partial charge >= 0.3 is 0 Å². The molecular weight excluding hydrogens is 440 g/mol. The summed E-state index contributed by atoms with van der Waals surface area (Å²) < 4.78 is 12.6. The topological polar surface area (TPSA) is 33.7 Å². The zero-order chi connectivity index (χ0) is 20.8. The van der Waals surface area contributed by atoms with Crippen molar-refractivity contribution in [3.63, 3.8) is 0 Å². The Kier molecular flexibility index (Phi) is 6.92. The van der Waals surface area contributed by atoms with Crippen molar-refractivity contribution in [3.8, 4) is 5.75 Å². The maximum atomic E-state index is 6.14. The highest BCUT2D eigenvalue weighted by Crippen LogP contribution is 2.26. The van der Waals surface area contributed by atoms with Crippen LogP contribution in [0.2, 0.25) is 0 Å². The largest absolute Gasteiger partial charge is 0.489 e. The maximum Gasteiger partial charge on any atom is 0.124 e. The van der Waals surface area contributed by atoms with E-state index in [-0.39, 0.29) is 0 Å². The molecule has 0 amide bonds. The number of halogens is 1. The number of rotatable bonds is 7. The fourth-order valence-electron chi connectivity index (χ4n) is 3.60. The third-order valence-corrected chi connectivity index (χ3v) is 5.72. The minimum Gasteiger partial charge on any atom is -0.489 e. The second-order valence-electron chi connectivity index (χ2n) is 7.53. The SMILES string of the molecule is Cc1cccc(COc2ccc(Br)cc2CNc2ccc(N3CCOCC3)cc2)c1. The average Bonchev–Trinajstić information content (AvgIpc) is 2.78. The Balaban J connectivity index is 1.39. The van der Waals surface area contributed by atoms with Gasteiger partial charge in [-0.2, -0.15) is 0 Å². The number of nitrogens with one attached hydrogen (secondary N) is 1. The Labute approximate surface area is 186 Å². The van der Waals surface area contributed by atoms with E-state index in [4.69, 9.17) is 9.47 Å². The Hall–Kier alpha value is -2.50. The molecule has 30 heavy (non-hydrogen) atoms. The van der Waals surface area contributed by atoms with E-state index < -0.39 is 0 Å². The van der Waals surface area contributed by atoms with Crippen LogP contribution < -0.4 is 15.0 Å². The lowest BCUT2D eigenvalue weighted by Gasteiger charge is -2.29. The molecule has 0 bridgehead atoms. The van der Waals surface area contributed by atoms with Gasteiger partial charge in [0.2, 0.25) is 0 Å². The third kappa shape index (κ3) is 5.55. The van der Waals surface area contributed by atoms with Gasteiger partial charge in [-0.15, -0.1) is 0 Å². The molecule has 156 valence electrons. The first-order valence-electron chi connectivity index (χ1n) is 10.3. The lowest BCUT2D eigenvalue weighted by atomic mass is 10.1. The lowest BCUT2D eigenvalue weighted by Crippen LogP contribution is -2.36. The summed E-state index contributed by atoms with van der Waals surface area (Å²) in [7, 11) is 0. The third-order valence-electron chi connectivity index (χ3n) is 5.23. The van der Waals surface area contributed by atoms with Gasteiger partial charge in [-0.05, 0) is 55.0 Å². The van der Waals surface area contributed by atoms with Gasteiger partial charge in [-0.3, -0.25) is 0 Å². The van der Waals surface area contributed by atoms with Crippen LogP contribution in [0.25, 0.3) is 0 Å². The molecule has 1 heterocycles. The van der Waals surface area contributed by atoms with Gasteiger partial charge in [0, 0.05) is 41.0 Å². The molecule has 1 N–H and O–H groups in total. The van der Waals surface area contributed by atoms with Gasteiger partial charge < -0.3 is 19.7 Å². The van der Waals surface area contributed by atoms with Gasteiger partial charge in [0.15, 0.2) is 0 Å². The van der Waals surface area contributed by atoms with Crippen LogP contribution in [0.15, 0.2) is 71.2 Å². The molecule has 0 saturated carbocycles. The summed E-state index contributed by atoms with van der Waals surface area (Å²) in [4.78, 5) is 2.36. The van der Waals surface area contributed by atoms with Crippen LogP contribution >= 0.6 is 15.9 Å². The summed E-state index contributed by atoms with van der Waals surface area (Å²) in [6, 6.07) is 23.2. The molecule has 4 rings (SSSR count). The quantitative estimate of drug-likeness (QED) is 0.477. The monoisotopic (exact) mass is 466 g/mol. The number of aryl methyl sites for hydroxylation is 1. The van der Waals surface area contributed by atoms with Crippen molar-refractivity contribution in [2.75, 3.05) is 36.5 Å². The minimum atomic E-state index is 0.560. The molecule has 0 aliphatic carbocycles. The Bertz CT molecular complexity index is 969. The first-order chi connectivity index (χ1) is 14.7. The van der Waals surface area contributed by atoms with Crippen molar-refractivity contribution in [2.24, 2.45) is 0 Å². The van der Waals surface area contributed by atoms with Gasteiger partial charge in [-0.1, -0.05) is 45.8 Å². The first kappa shape index (κ1) is 20.8. The normalized spacial score (nSPS) is 13.9. The molecule has 0 spiro atoms. The molecule has 3 aromatic rings. The second-order valence-corrected chi connectivity index (χ2v) is 8.45. The number of benzene rings is 3. The van der Waals surface area contributed by atoms with Crippen molar-refractivity contribution in [2.45, 2.75) is 20.1 Å². The molecule has 5 heteroatoms. The molecule has 1 fully saturated rings. The highest BCUT2D eigenvalue weighted by Gasteiger charge is 2.11. The van der Waals surface area contributed by atoms with E-state index >= 15 is 0 Å². The molecule has 4 nitrogen and oxygen atoms in total. The molecule has 0 radical (unpaired) electrons. The Morgan fingerprint density at radius 3 is 2.57 bits per heavy atom. The van der Waals surface area contributed by atoms with E-state index in [0.29, 0.717) is 13.2 Å². The molecule has 1 saturated heterocycles. The highest BCUT2D eigenvalue weighted by molar-refractivity contribution is 9.10. The van der Waals surface area contributed by atoms with Crippen LogP contribution in [0, 0.1) is 6.92 Å². The van der Waals surface area contributed by atoms with Crippen LogP contribution in [0.1, 0.15) is 16.7 Å². The number of hydrogen-bond acceptors (Lipinski definition) is 4. The van der Waals surface area contributed by atoms with Crippen molar-refractivity contribution < 1.29 is 9.47 Å². The van der Waals surface area contributed by atoms with Gasteiger partial charge in [0.1, 0.15) is 12.4 Å². The summed E-state index contributed by atoms with van der Waals surface area (Å²) in [5.74, 6) is 0.900. The molecule has 0 aromatic heterocycles. The highest BCUT2D eigenvalue weighted by atomic mass is 79.9. The summed E-state index contributed by atoms with van der Waals surface area (Å²) in [6.45, 7) is 6.86. The molecule has 1 aliphatic rings. The molecule has 0 atom stereocenters. The van der Waals surface area contributed by atoms with Crippen LogP contribution in [0.3, 0.4) is 0 Å². The van der Waals surface area contributed by atoms with Crippen molar-refractivity contribution in [1.29, 1.82) is 0 Å². The fourth-order valence-corrected chi connectivity index (χ4v) is 4.01. The lowest BCUT2D eigenvalue weighted by molar-refractivity contribution is 0.122. The maximum absolute atomic E-state index is 6.14. The Morgan fingerprint density at radius 2 is 1.80 bits per heavy atom. The zero-order valence-electron chi connectivity index (χ0n) is 17.2. The van der Waals surface area contributed by atoms with Crippen LogP contribution in [-0.4, -0.2) is 26.3 Å². The van der Waals surface area contributed by atoms with Crippen LogP contribution in [0.5, 0.6) is 5.75 Å². The fraction of sp³-hybridized carbons (Fsp3) is 0.280. The van der Waals surface area contributed by atoms with Gasteiger partial charge in [0.25, 0.3) is 0 Å². The summed E-state index contributed by atoms with van der Waals surface area (Å²) in [5, 5.41) is 3.52. The van der Waals surface area contributed by atoms with E-state index in [9.17, 15) is 0 Å². The standard InChI is InChI=1S/C25H27BrN2O2/c1-19-3-2-4-20(15-19)18-30-25-10-5-22(26)16-21(25)17-27-23-6-8-24(9-7-23)28-11-13-29-14-12-28/h2-10,15-16,27H,11-14,17-18H2,1H3. The number of morpholine rings is 1.